The minimum atomic E-state index is -0.402. The van der Waals surface area contributed by atoms with E-state index in [2.05, 4.69) is 4.98 Å². The van der Waals surface area contributed by atoms with Crippen LogP contribution in [0.3, 0.4) is 0 Å². The van der Waals surface area contributed by atoms with Gasteiger partial charge in [-0.15, -0.1) is 11.3 Å². The van der Waals surface area contributed by atoms with Crippen molar-refractivity contribution in [2.75, 3.05) is 26.9 Å². The van der Waals surface area contributed by atoms with Crippen molar-refractivity contribution in [3.63, 3.8) is 0 Å². The van der Waals surface area contributed by atoms with Gasteiger partial charge in [0.15, 0.2) is 11.5 Å². The fourth-order valence-electron chi connectivity index (χ4n) is 2.32. The van der Waals surface area contributed by atoms with Gasteiger partial charge < -0.3 is 18.9 Å². The lowest BCUT2D eigenvalue weighted by Gasteiger charge is -2.11. The zero-order valence-corrected chi connectivity index (χ0v) is 15.4. The molecule has 136 valence electrons. The topological polar surface area (TPSA) is 66.9 Å². The molecule has 7 heteroatoms. The molecule has 0 radical (unpaired) electrons. The smallest absolute Gasteiger partial charge is 0.367 e. The van der Waals surface area contributed by atoms with E-state index < -0.39 is 5.97 Å². The molecule has 6 nitrogen and oxygen atoms in total. The van der Waals surface area contributed by atoms with Crippen LogP contribution in [0.5, 0.6) is 17.2 Å². The van der Waals surface area contributed by atoms with Crippen LogP contribution in [0.25, 0.3) is 10.2 Å². The SMILES string of the molecule is CCOC(=O)c1nc2ccc(OCCOc3ccccc3OC)cc2s1. The van der Waals surface area contributed by atoms with Gasteiger partial charge in [0.05, 0.1) is 23.9 Å². The van der Waals surface area contributed by atoms with Crippen LogP contribution in [0.4, 0.5) is 0 Å². The second kappa shape index (κ2) is 8.53. The van der Waals surface area contributed by atoms with E-state index >= 15 is 0 Å². The number of thiazole rings is 1. The molecule has 2 aromatic carbocycles. The minimum absolute atomic E-state index is 0.329. The molecule has 1 aromatic heterocycles. The van der Waals surface area contributed by atoms with Crippen LogP contribution < -0.4 is 14.2 Å². The number of benzene rings is 2. The second-order valence-corrected chi connectivity index (χ2v) is 6.25. The summed E-state index contributed by atoms with van der Waals surface area (Å²) < 4.78 is 22.5. The van der Waals surface area contributed by atoms with Gasteiger partial charge in [0.2, 0.25) is 5.01 Å². The van der Waals surface area contributed by atoms with Gasteiger partial charge in [0.25, 0.3) is 0 Å². The van der Waals surface area contributed by atoms with Crippen LogP contribution in [-0.4, -0.2) is 37.9 Å². The second-order valence-electron chi connectivity index (χ2n) is 5.22. The summed E-state index contributed by atoms with van der Waals surface area (Å²) in [5.41, 5.74) is 0.746. The summed E-state index contributed by atoms with van der Waals surface area (Å²) >= 11 is 1.29. The number of para-hydroxylation sites is 2. The number of carbonyl (C=O) groups is 1. The number of aromatic nitrogens is 1. The van der Waals surface area contributed by atoms with Crippen molar-refractivity contribution >= 4 is 27.5 Å². The highest BCUT2D eigenvalue weighted by Gasteiger charge is 2.13. The molecule has 0 atom stereocenters. The molecule has 0 aliphatic carbocycles. The summed E-state index contributed by atoms with van der Waals surface area (Å²) in [7, 11) is 1.60. The Labute approximate surface area is 155 Å². The average molecular weight is 373 g/mol. The summed E-state index contributed by atoms with van der Waals surface area (Å²) in [5, 5.41) is 0.346. The number of hydrogen-bond donors (Lipinski definition) is 0. The Bertz CT molecular complexity index is 893. The average Bonchev–Trinajstić information content (AvgIpc) is 3.09. The molecule has 0 fully saturated rings. The summed E-state index contributed by atoms with van der Waals surface area (Å²) in [6, 6.07) is 13.0. The fraction of sp³-hybridized carbons (Fsp3) is 0.263. The number of carbonyl (C=O) groups excluding carboxylic acids is 1. The zero-order chi connectivity index (χ0) is 18.4. The van der Waals surface area contributed by atoms with E-state index in [-0.39, 0.29) is 0 Å². The van der Waals surface area contributed by atoms with Crippen molar-refractivity contribution in [2.45, 2.75) is 6.92 Å². The van der Waals surface area contributed by atoms with Crippen molar-refractivity contribution in [1.29, 1.82) is 0 Å². The maximum Gasteiger partial charge on any atom is 0.367 e. The normalized spacial score (nSPS) is 10.5. The third kappa shape index (κ3) is 4.23. The number of methoxy groups -OCH3 is 1. The zero-order valence-electron chi connectivity index (χ0n) is 14.6. The van der Waals surface area contributed by atoms with Gasteiger partial charge in [-0.05, 0) is 37.3 Å². The Kier molecular flexibility index (Phi) is 5.91. The monoisotopic (exact) mass is 373 g/mol. The Morgan fingerprint density at radius 2 is 1.85 bits per heavy atom. The van der Waals surface area contributed by atoms with Crippen LogP contribution in [-0.2, 0) is 4.74 Å². The first kappa shape index (κ1) is 18.0. The first-order valence-electron chi connectivity index (χ1n) is 8.17. The number of rotatable bonds is 8. The van der Waals surface area contributed by atoms with Crippen LogP contribution in [0, 0.1) is 0 Å². The molecule has 26 heavy (non-hydrogen) atoms. The molecule has 0 saturated carbocycles. The quantitative estimate of drug-likeness (QED) is 0.440. The minimum Gasteiger partial charge on any atom is -0.493 e. The number of ether oxygens (including phenoxy) is 4. The highest BCUT2D eigenvalue weighted by atomic mass is 32.1. The molecule has 3 aromatic rings. The molecule has 0 amide bonds. The molecule has 0 N–H and O–H groups in total. The van der Waals surface area contributed by atoms with Crippen molar-refractivity contribution in [3.05, 3.63) is 47.5 Å². The largest absolute Gasteiger partial charge is 0.493 e. The summed E-state index contributed by atoms with van der Waals surface area (Å²) in [5.74, 6) is 1.65. The maximum atomic E-state index is 11.8. The lowest BCUT2D eigenvalue weighted by atomic mass is 10.3. The lowest BCUT2D eigenvalue weighted by Crippen LogP contribution is -2.09. The van der Waals surface area contributed by atoms with Gasteiger partial charge in [-0.25, -0.2) is 9.78 Å². The summed E-state index contributed by atoms with van der Waals surface area (Å²) in [6.45, 7) is 2.86. The van der Waals surface area contributed by atoms with Crippen molar-refractivity contribution in [2.24, 2.45) is 0 Å². The molecule has 1 heterocycles. The molecule has 0 aliphatic rings. The van der Waals surface area contributed by atoms with E-state index in [4.69, 9.17) is 18.9 Å². The first-order valence-corrected chi connectivity index (χ1v) is 8.99. The molecular formula is C19H19NO5S. The van der Waals surface area contributed by atoms with E-state index in [1.54, 1.807) is 14.0 Å². The van der Waals surface area contributed by atoms with Gasteiger partial charge in [-0.1, -0.05) is 12.1 Å². The Morgan fingerprint density at radius 3 is 2.62 bits per heavy atom. The Hall–Kier alpha value is -2.80. The van der Waals surface area contributed by atoms with Crippen LogP contribution in [0.2, 0.25) is 0 Å². The van der Waals surface area contributed by atoms with Gasteiger partial charge in [0.1, 0.15) is 19.0 Å². The standard InChI is InChI=1S/C19H19NO5S/c1-3-23-19(21)18-20-14-9-8-13(12-17(14)26-18)24-10-11-25-16-7-5-4-6-15(16)22-2/h4-9,12H,3,10-11H2,1-2H3. The maximum absolute atomic E-state index is 11.8. The van der Waals surface area contributed by atoms with Crippen molar-refractivity contribution in [1.82, 2.24) is 4.98 Å². The predicted molar refractivity (Wildman–Crippen MR) is 99.6 cm³/mol. The van der Waals surface area contributed by atoms with E-state index in [0.29, 0.717) is 42.1 Å². The lowest BCUT2D eigenvalue weighted by molar-refractivity contribution is 0.0526. The van der Waals surface area contributed by atoms with Gasteiger partial charge in [-0.2, -0.15) is 0 Å². The van der Waals surface area contributed by atoms with Gasteiger partial charge >= 0.3 is 5.97 Å². The predicted octanol–water partition coefficient (Wildman–Crippen LogP) is 3.94. The third-order valence-electron chi connectivity index (χ3n) is 3.49. The molecule has 0 bridgehead atoms. The molecular weight excluding hydrogens is 354 g/mol. The van der Waals surface area contributed by atoms with Gasteiger partial charge in [-0.3, -0.25) is 0 Å². The van der Waals surface area contributed by atoms with E-state index in [0.717, 1.165) is 10.2 Å². The molecule has 3 rings (SSSR count). The third-order valence-corrected chi connectivity index (χ3v) is 4.49. The molecule has 0 saturated heterocycles. The summed E-state index contributed by atoms with van der Waals surface area (Å²) in [6.07, 6.45) is 0. The fourth-order valence-corrected chi connectivity index (χ4v) is 3.21. The van der Waals surface area contributed by atoms with E-state index in [1.807, 2.05) is 42.5 Å². The van der Waals surface area contributed by atoms with E-state index in [9.17, 15) is 4.79 Å². The molecule has 0 spiro atoms. The summed E-state index contributed by atoms with van der Waals surface area (Å²) in [4.78, 5) is 16.0. The van der Waals surface area contributed by atoms with Crippen molar-refractivity contribution in [3.8, 4) is 17.2 Å². The Morgan fingerprint density at radius 1 is 1.08 bits per heavy atom. The number of fused-ring (bicyclic) bond motifs is 1. The molecule has 0 aliphatic heterocycles. The van der Waals surface area contributed by atoms with E-state index in [1.165, 1.54) is 11.3 Å². The van der Waals surface area contributed by atoms with Gasteiger partial charge in [0, 0.05) is 0 Å². The highest BCUT2D eigenvalue weighted by Crippen LogP contribution is 2.27. The number of esters is 1. The first-order chi connectivity index (χ1) is 12.7. The Balaban J connectivity index is 1.58. The van der Waals surface area contributed by atoms with Crippen LogP contribution in [0.1, 0.15) is 16.7 Å². The highest BCUT2D eigenvalue weighted by molar-refractivity contribution is 7.20. The number of nitrogens with zero attached hydrogens (tertiary/aromatic N) is 1. The number of hydrogen-bond acceptors (Lipinski definition) is 7. The molecule has 0 unspecified atom stereocenters. The van der Waals surface area contributed by atoms with Crippen LogP contribution >= 0.6 is 11.3 Å². The van der Waals surface area contributed by atoms with Crippen LogP contribution in [0.15, 0.2) is 42.5 Å². The van der Waals surface area contributed by atoms with Crippen molar-refractivity contribution < 1.29 is 23.7 Å².